The van der Waals surface area contributed by atoms with Crippen molar-refractivity contribution in [1.29, 1.82) is 5.26 Å². The van der Waals surface area contributed by atoms with Crippen LogP contribution in [0.3, 0.4) is 0 Å². The fourth-order valence-corrected chi connectivity index (χ4v) is 4.72. The molecule has 7 nitrogen and oxygen atoms in total. The summed E-state index contributed by atoms with van der Waals surface area (Å²) in [5.74, 6) is -0.652. The van der Waals surface area contributed by atoms with Crippen LogP contribution in [0.5, 0.6) is 0 Å². The minimum Gasteiger partial charge on any atom is -0.335 e. The van der Waals surface area contributed by atoms with E-state index in [-0.39, 0.29) is 23.6 Å². The van der Waals surface area contributed by atoms with Gasteiger partial charge in [-0.25, -0.2) is 9.69 Å². The van der Waals surface area contributed by atoms with E-state index in [1.807, 2.05) is 0 Å². The standard InChI is InChI=1S/C19H15F3N4O3/c20-19(21,22)13-5-11(4-3-10(13)7-23)26-17(28)15-14-6-12(25(15)18(26)29)8-24(14)16(27)9-1-2-9/h3-5,9,12,14-15H,1-2,6,8H2. The number of carbonyl (C=O) groups is 3. The van der Waals surface area contributed by atoms with E-state index in [0.29, 0.717) is 19.0 Å². The highest BCUT2D eigenvalue weighted by Crippen LogP contribution is 2.45. The quantitative estimate of drug-likeness (QED) is 0.707. The van der Waals surface area contributed by atoms with E-state index in [2.05, 4.69) is 0 Å². The Labute approximate surface area is 163 Å². The number of alkyl halides is 3. The van der Waals surface area contributed by atoms with Crippen molar-refractivity contribution in [1.82, 2.24) is 9.80 Å². The zero-order valence-electron chi connectivity index (χ0n) is 15.0. The predicted octanol–water partition coefficient (Wildman–Crippen LogP) is 2.11. The molecule has 150 valence electrons. The van der Waals surface area contributed by atoms with Gasteiger partial charge in [-0.3, -0.25) is 9.59 Å². The third-order valence-corrected chi connectivity index (χ3v) is 6.16. The van der Waals surface area contributed by atoms with Crippen molar-refractivity contribution in [2.45, 2.75) is 43.6 Å². The molecule has 1 aliphatic carbocycles. The molecular formula is C19H15F3N4O3. The average Bonchev–Trinajstić information content (AvgIpc) is 3.27. The lowest BCUT2D eigenvalue weighted by Crippen LogP contribution is -2.55. The van der Waals surface area contributed by atoms with E-state index in [4.69, 9.17) is 5.26 Å². The molecule has 4 fully saturated rings. The predicted molar refractivity (Wildman–Crippen MR) is 91.3 cm³/mol. The molecule has 0 spiro atoms. The molecule has 29 heavy (non-hydrogen) atoms. The van der Waals surface area contributed by atoms with E-state index in [9.17, 15) is 27.6 Å². The highest BCUT2D eigenvalue weighted by Gasteiger charge is 2.63. The van der Waals surface area contributed by atoms with Gasteiger partial charge in [-0.15, -0.1) is 0 Å². The lowest BCUT2D eigenvalue weighted by molar-refractivity contribution is -0.138. The first-order valence-electron chi connectivity index (χ1n) is 9.30. The van der Waals surface area contributed by atoms with E-state index in [0.717, 1.165) is 23.8 Å². The molecule has 3 unspecified atom stereocenters. The van der Waals surface area contributed by atoms with Gasteiger partial charge in [0.05, 0.1) is 35.0 Å². The largest absolute Gasteiger partial charge is 0.417 e. The molecule has 0 N–H and O–H groups in total. The minimum atomic E-state index is -4.80. The Morgan fingerprint density at radius 2 is 1.93 bits per heavy atom. The smallest absolute Gasteiger partial charge is 0.335 e. The monoisotopic (exact) mass is 404 g/mol. The summed E-state index contributed by atoms with van der Waals surface area (Å²) in [7, 11) is 0. The first kappa shape index (κ1) is 18.0. The molecule has 3 atom stereocenters. The maximum Gasteiger partial charge on any atom is 0.417 e. The molecular weight excluding hydrogens is 389 g/mol. The van der Waals surface area contributed by atoms with Crippen molar-refractivity contribution in [3.05, 3.63) is 29.3 Å². The summed E-state index contributed by atoms with van der Waals surface area (Å²) >= 11 is 0. The molecule has 3 aliphatic heterocycles. The van der Waals surface area contributed by atoms with Gasteiger partial charge in [-0.1, -0.05) is 0 Å². The molecule has 1 aromatic carbocycles. The number of fused-ring (bicyclic) bond motifs is 5. The SMILES string of the molecule is N#Cc1ccc(N2C(=O)C3C4CC(CN4C(=O)C4CC4)N3C2=O)cc1C(F)(F)F. The summed E-state index contributed by atoms with van der Waals surface area (Å²) in [6, 6.07) is 1.97. The second-order valence-corrected chi connectivity index (χ2v) is 7.87. The van der Waals surface area contributed by atoms with Crippen LogP contribution >= 0.6 is 0 Å². The Bertz CT molecular complexity index is 997. The fourth-order valence-electron chi connectivity index (χ4n) is 4.72. The summed E-state index contributed by atoms with van der Waals surface area (Å²) in [5.41, 5.74) is -2.00. The van der Waals surface area contributed by atoms with Gasteiger partial charge in [0.2, 0.25) is 5.91 Å². The zero-order valence-corrected chi connectivity index (χ0v) is 15.0. The van der Waals surface area contributed by atoms with Gasteiger partial charge in [0.1, 0.15) is 6.04 Å². The third kappa shape index (κ3) is 2.46. The van der Waals surface area contributed by atoms with Gasteiger partial charge >= 0.3 is 12.2 Å². The van der Waals surface area contributed by atoms with E-state index >= 15 is 0 Å². The first-order valence-corrected chi connectivity index (χ1v) is 9.30. The number of likely N-dealkylation sites (tertiary alicyclic amines) is 1. The van der Waals surface area contributed by atoms with Crippen molar-refractivity contribution >= 4 is 23.5 Å². The zero-order chi connectivity index (χ0) is 20.7. The first-order chi connectivity index (χ1) is 13.7. The number of benzene rings is 1. The molecule has 4 aliphatic rings. The number of piperazine rings is 1. The van der Waals surface area contributed by atoms with Crippen LogP contribution in [0.15, 0.2) is 18.2 Å². The number of hydrogen-bond donors (Lipinski definition) is 0. The molecule has 0 radical (unpaired) electrons. The molecule has 1 aromatic rings. The molecule has 2 bridgehead atoms. The van der Waals surface area contributed by atoms with Gasteiger partial charge in [-0.05, 0) is 37.5 Å². The second-order valence-electron chi connectivity index (χ2n) is 7.87. The molecule has 1 saturated carbocycles. The maximum atomic E-state index is 13.3. The molecule has 4 amide bonds. The molecule has 3 saturated heterocycles. The number of nitrogens with zero attached hydrogens (tertiary/aromatic N) is 4. The minimum absolute atomic E-state index is 0.00594. The topological polar surface area (TPSA) is 84.7 Å². The summed E-state index contributed by atoms with van der Waals surface area (Å²) in [4.78, 5) is 42.2. The lowest BCUT2D eigenvalue weighted by Gasteiger charge is -2.35. The summed E-state index contributed by atoms with van der Waals surface area (Å²) in [6.45, 7) is 0.352. The summed E-state index contributed by atoms with van der Waals surface area (Å²) in [6.07, 6.45) is -2.64. The van der Waals surface area contributed by atoms with Gasteiger partial charge in [0.25, 0.3) is 5.91 Å². The van der Waals surface area contributed by atoms with Gasteiger partial charge in [-0.2, -0.15) is 18.4 Å². The van der Waals surface area contributed by atoms with Gasteiger partial charge in [0.15, 0.2) is 0 Å². The van der Waals surface area contributed by atoms with E-state index in [1.165, 1.54) is 17.0 Å². The number of carbonyl (C=O) groups excluding carboxylic acids is 3. The van der Waals surface area contributed by atoms with Gasteiger partial charge in [0, 0.05) is 12.5 Å². The van der Waals surface area contributed by atoms with E-state index < -0.39 is 41.3 Å². The van der Waals surface area contributed by atoms with Crippen LogP contribution in [0, 0.1) is 17.2 Å². The number of imide groups is 1. The Balaban J connectivity index is 1.49. The Morgan fingerprint density at radius 1 is 1.21 bits per heavy atom. The summed E-state index contributed by atoms with van der Waals surface area (Å²) in [5, 5.41) is 8.94. The van der Waals surface area contributed by atoms with Crippen LogP contribution in [-0.4, -0.2) is 52.3 Å². The average molecular weight is 404 g/mol. The number of halogens is 3. The Hall–Kier alpha value is -3.09. The lowest BCUT2D eigenvalue weighted by atomic mass is 10.1. The van der Waals surface area contributed by atoms with Crippen LogP contribution in [0.2, 0.25) is 0 Å². The Morgan fingerprint density at radius 3 is 2.55 bits per heavy atom. The van der Waals surface area contributed by atoms with E-state index in [1.54, 1.807) is 4.90 Å². The van der Waals surface area contributed by atoms with Crippen LogP contribution in [0.25, 0.3) is 0 Å². The third-order valence-electron chi connectivity index (χ3n) is 6.16. The van der Waals surface area contributed by atoms with Crippen LogP contribution < -0.4 is 4.90 Å². The molecule has 10 heteroatoms. The molecule has 3 heterocycles. The van der Waals surface area contributed by atoms with Crippen molar-refractivity contribution in [3.63, 3.8) is 0 Å². The number of urea groups is 1. The fraction of sp³-hybridized carbons (Fsp3) is 0.474. The molecule has 5 rings (SSSR count). The van der Waals surface area contributed by atoms with Gasteiger partial charge < -0.3 is 9.80 Å². The highest BCUT2D eigenvalue weighted by molar-refractivity contribution is 6.22. The highest BCUT2D eigenvalue weighted by atomic mass is 19.4. The maximum absolute atomic E-state index is 13.3. The number of anilines is 1. The van der Waals surface area contributed by atoms with Crippen molar-refractivity contribution in [2.24, 2.45) is 5.92 Å². The summed E-state index contributed by atoms with van der Waals surface area (Å²) < 4.78 is 39.9. The number of amides is 4. The second kappa shape index (κ2) is 5.72. The van der Waals surface area contributed by atoms with Crippen LogP contribution in [-0.2, 0) is 15.8 Å². The van der Waals surface area contributed by atoms with Crippen LogP contribution in [0.4, 0.5) is 23.7 Å². The van der Waals surface area contributed by atoms with Crippen molar-refractivity contribution in [2.75, 3.05) is 11.4 Å². The van der Waals surface area contributed by atoms with Crippen LogP contribution in [0.1, 0.15) is 30.4 Å². The van der Waals surface area contributed by atoms with Crippen molar-refractivity contribution in [3.8, 4) is 6.07 Å². The molecule has 0 aromatic heterocycles. The number of hydrogen-bond acceptors (Lipinski definition) is 4. The normalized spacial score (nSPS) is 28.2. The number of nitriles is 1. The van der Waals surface area contributed by atoms with Crippen molar-refractivity contribution < 1.29 is 27.6 Å². The Kier molecular flexibility index (Phi) is 3.54. The number of rotatable bonds is 2.